The first-order valence-electron chi connectivity index (χ1n) is 6.23. The average Bonchev–Trinajstić information content (AvgIpc) is 2.24. The van der Waals surface area contributed by atoms with Crippen molar-refractivity contribution in [2.45, 2.75) is 40.0 Å². The van der Waals surface area contributed by atoms with Crippen LogP contribution in [0.15, 0.2) is 18.2 Å². The van der Waals surface area contributed by atoms with Crippen LogP contribution in [0, 0.1) is 5.41 Å². The number of aliphatic hydroxyl groups is 1. The molecule has 0 bridgehead atoms. The van der Waals surface area contributed by atoms with E-state index in [0.717, 1.165) is 25.0 Å². The van der Waals surface area contributed by atoms with Gasteiger partial charge in [-0.2, -0.15) is 0 Å². The number of methoxy groups -OCH3 is 1. The minimum absolute atomic E-state index is 0.229. The molecule has 0 saturated carbocycles. The monoisotopic (exact) mass is 236 g/mol. The Labute approximate surface area is 105 Å². The van der Waals surface area contributed by atoms with Crippen molar-refractivity contribution in [2.75, 3.05) is 13.7 Å². The molecule has 0 heterocycles. The normalized spacial score (nSPS) is 11.6. The van der Waals surface area contributed by atoms with Gasteiger partial charge in [0.05, 0.1) is 7.11 Å². The molecular formula is C15H24O2. The van der Waals surface area contributed by atoms with Gasteiger partial charge in [0.15, 0.2) is 0 Å². The number of rotatable bonds is 5. The summed E-state index contributed by atoms with van der Waals surface area (Å²) in [6.07, 6.45) is 2.72. The number of benzene rings is 1. The van der Waals surface area contributed by atoms with Crippen LogP contribution in [-0.2, 0) is 12.8 Å². The predicted octanol–water partition coefficient (Wildman–Crippen LogP) is 3.21. The molecule has 1 aromatic carbocycles. The van der Waals surface area contributed by atoms with Gasteiger partial charge >= 0.3 is 0 Å². The zero-order chi connectivity index (χ0) is 12.9. The number of hydrogen-bond donors (Lipinski definition) is 1. The van der Waals surface area contributed by atoms with Crippen LogP contribution in [0.3, 0.4) is 0 Å². The van der Waals surface area contributed by atoms with Crippen LogP contribution in [0.2, 0.25) is 0 Å². The molecule has 0 amide bonds. The molecule has 2 nitrogen and oxygen atoms in total. The van der Waals surface area contributed by atoms with E-state index in [1.807, 2.05) is 6.07 Å². The fourth-order valence-corrected chi connectivity index (χ4v) is 2.02. The maximum absolute atomic E-state index is 8.91. The van der Waals surface area contributed by atoms with Crippen molar-refractivity contribution in [2.24, 2.45) is 5.41 Å². The lowest BCUT2D eigenvalue weighted by Crippen LogP contribution is -2.09. The Morgan fingerprint density at radius 1 is 1.24 bits per heavy atom. The second-order valence-electron chi connectivity index (χ2n) is 5.71. The maximum Gasteiger partial charge on any atom is 0.122 e. The standard InChI is InChI=1S/C15H24O2/c1-15(2,3)11-12-7-8-14(17-4)13(10-12)6-5-9-16/h7-8,10,16H,5-6,9,11H2,1-4H3. The molecule has 0 radical (unpaired) electrons. The molecule has 0 aliphatic heterocycles. The largest absolute Gasteiger partial charge is 0.496 e. The van der Waals surface area contributed by atoms with Crippen LogP contribution in [0.5, 0.6) is 5.75 Å². The Morgan fingerprint density at radius 2 is 1.94 bits per heavy atom. The Balaban J connectivity index is 2.88. The van der Waals surface area contributed by atoms with Crippen LogP contribution in [0.4, 0.5) is 0 Å². The Hall–Kier alpha value is -1.02. The van der Waals surface area contributed by atoms with Crippen molar-refractivity contribution in [1.82, 2.24) is 0 Å². The minimum Gasteiger partial charge on any atom is -0.496 e. The maximum atomic E-state index is 8.91. The molecule has 1 rings (SSSR count). The van der Waals surface area contributed by atoms with Gasteiger partial charge in [0, 0.05) is 6.61 Å². The molecule has 96 valence electrons. The quantitative estimate of drug-likeness (QED) is 0.850. The van der Waals surface area contributed by atoms with E-state index in [1.165, 1.54) is 11.1 Å². The van der Waals surface area contributed by atoms with Crippen molar-refractivity contribution in [3.05, 3.63) is 29.3 Å². The summed E-state index contributed by atoms with van der Waals surface area (Å²) in [6.45, 7) is 6.95. The lowest BCUT2D eigenvalue weighted by Gasteiger charge is -2.19. The SMILES string of the molecule is COc1ccc(CC(C)(C)C)cc1CCCO. The summed E-state index contributed by atoms with van der Waals surface area (Å²) in [4.78, 5) is 0. The number of ether oxygens (including phenoxy) is 1. The Morgan fingerprint density at radius 3 is 2.47 bits per heavy atom. The average molecular weight is 236 g/mol. The minimum atomic E-state index is 0.229. The van der Waals surface area contributed by atoms with E-state index in [0.29, 0.717) is 5.41 Å². The van der Waals surface area contributed by atoms with Gasteiger partial charge in [-0.3, -0.25) is 0 Å². The highest BCUT2D eigenvalue weighted by Gasteiger charge is 2.12. The molecule has 0 aliphatic rings. The fourth-order valence-electron chi connectivity index (χ4n) is 2.02. The van der Waals surface area contributed by atoms with Crippen molar-refractivity contribution in [1.29, 1.82) is 0 Å². The molecular weight excluding hydrogens is 212 g/mol. The summed E-state index contributed by atoms with van der Waals surface area (Å²) < 4.78 is 5.35. The molecule has 17 heavy (non-hydrogen) atoms. The highest BCUT2D eigenvalue weighted by atomic mass is 16.5. The van der Waals surface area contributed by atoms with E-state index in [1.54, 1.807) is 7.11 Å². The first kappa shape index (κ1) is 14.0. The van der Waals surface area contributed by atoms with E-state index >= 15 is 0 Å². The number of aryl methyl sites for hydroxylation is 1. The second-order valence-corrected chi connectivity index (χ2v) is 5.71. The van der Waals surface area contributed by atoms with Gasteiger partial charge in [0.1, 0.15) is 5.75 Å². The van der Waals surface area contributed by atoms with Crippen molar-refractivity contribution in [3.63, 3.8) is 0 Å². The molecule has 0 aromatic heterocycles. The molecule has 0 saturated heterocycles. The van der Waals surface area contributed by atoms with E-state index in [2.05, 4.69) is 32.9 Å². The van der Waals surface area contributed by atoms with E-state index in [4.69, 9.17) is 9.84 Å². The molecule has 0 fully saturated rings. The summed E-state index contributed by atoms with van der Waals surface area (Å²) >= 11 is 0. The third-order valence-electron chi connectivity index (χ3n) is 2.68. The third kappa shape index (κ3) is 4.78. The third-order valence-corrected chi connectivity index (χ3v) is 2.68. The smallest absolute Gasteiger partial charge is 0.122 e. The second kappa shape index (κ2) is 6.06. The highest BCUT2D eigenvalue weighted by molar-refractivity contribution is 5.37. The molecule has 0 unspecified atom stereocenters. The Bertz CT molecular complexity index is 350. The fraction of sp³-hybridized carbons (Fsp3) is 0.600. The zero-order valence-electron chi connectivity index (χ0n) is 11.4. The van der Waals surface area contributed by atoms with E-state index in [-0.39, 0.29) is 6.61 Å². The van der Waals surface area contributed by atoms with Gasteiger partial charge in [-0.05, 0) is 41.9 Å². The molecule has 0 spiro atoms. The van der Waals surface area contributed by atoms with Crippen LogP contribution >= 0.6 is 0 Å². The van der Waals surface area contributed by atoms with Gasteiger partial charge in [-0.25, -0.2) is 0 Å². The summed E-state index contributed by atoms with van der Waals surface area (Å²) in [5.74, 6) is 0.927. The highest BCUT2D eigenvalue weighted by Crippen LogP contribution is 2.26. The molecule has 0 aliphatic carbocycles. The van der Waals surface area contributed by atoms with Crippen molar-refractivity contribution >= 4 is 0 Å². The molecule has 1 N–H and O–H groups in total. The van der Waals surface area contributed by atoms with Gasteiger partial charge in [-0.1, -0.05) is 32.9 Å². The van der Waals surface area contributed by atoms with E-state index < -0.39 is 0 Å². The lowest BCUT2D eigenvalue weighted by molar-refractivity contribution is 0.287. The molecule has 0 atom stereocenters. The molecule has 1 aromatic rings. The van der Waals surface area contributed by atoms with Crippen LogP contribution in [0.1, 0.15) is 38.3 Å². The zero-order valence-corrected chi connectivity index (χ0v) is 11.4. The van der Waals surface area contributed by atoms with Gasteiger partial charge in [0.25, 0.3) is 0 Å². The van der Waals surface area contributed by atoms with Gasteiger partial charge < -0.3 is 9.84 Å². The Kier molecular flexibility index (Phi) is 5.01. The topological polar surface area (TPSA) is 29.5 Å². The van der Waals surface area contributed by atoms with Crippen molar-refractivity contribution < 1.29 is 9.84 Å². The number of hydrogen-bond acceptors (Lipinski definition) is 2. The van der Waals surface area contributed by atoms with Crippen LogP contribution in [-0.4, -0.2) is 18.8 Å². The van der Waals surface area contributed by atoms with Crippen LogP contribution in [0.25, 0.3) is 0 Å². The van der Waals surface area contributed by atoms with Gasteiger partial charge in [-0.15, -0.1) is 0 Å². The van der Waals surface area contributed by atoms with E-state index in [9.17, 15) is 0 Å². The number of aliphatic hydroxyl groups excluding tert-OH is 1. The summed E-state index contributed by atoms with van der Waals surface area (Å²) in [7, 11) is 1.70. The van der Waals surface area contributed by atoms with Crippen LogP contribution < -0.4 is 4.74 Å². The van der Waals surface area contributed by atoms with Crippen molar-refractivity contribution in [3.8, 4) is 5.75 Å². The van der Waals surface area contributed by atoms with Gasteiger partial charge in [0.2, 0.25) is 0 Å². The first-order chi connectivity index (χ1) is 7.96. The summed E-state index contributed by atoms with van der Waals surface area (Å²) in [5, 5.41) is 8.91. The lowest BCUT2D eigenvalue weighted by atomic mass is 9.87. The molecule has 2 heteroatoms. The predicted molar refractivity (Wildman–Crippen MR) is 71.6 cm³/mol. The summed E-state index contributed by atoms with van der Waals surface area (Å²) in [5.41, 5.74) is 2.83. The summed E-state index contributed by atoms with van der Waals surface area (Å²) in [6, 6.07) is 6.38. The first-order valence-corrected chi connectivity index (χ1v) is 6.23.